The lowest BCUT2D eigenvalue weighted by Gasteiger charge is -2.19. The number of benzene rings is 1. The molecule has 1 atom stereocenters. The maximum atomic E-state index is 12.5. The minimum absolute atomic E-state index is 0.189. The van der Waals surface area contributed by atoms with Crippen molar-refractivity contribution in [2.45, 2.75) is 23.8 Å². The summed E-state index contributed by atoms with van der Waals surface area (Å²) >= 11 is 0. The number of pyridine rings is 1. The van der Waals surface area contributed by atoms with Crippen molar-refractivity contribution in [1.82, 2.24) is 9.71 Å². The van der Waals surface area contributed by atoms with Crippen LogP contribution in [0.4, 0.5) is 0 Å². The van der Waals surface area contributed by atoms with E-state index in [1.807, 2.05) is 24.3 Å². The first-order chi connectivity index (χ1) is 10.6. The third-order valence-electron chi connectivity index (χ3n) is 3.80. The number of nitrogens with one attached hydrogen (secondary N) is 1. The van der Waals surface area contributed by atoms with E-state index >= 15 is 0 Å². The van der Waals surface area contributed by atoms with E-state index in [1.165, 1.54) is 6.20 Å². The van der Waals surface area contributed by atoms with Crippen LogP contribution in [-0.2, 0) is 10.0 Å². The number of nitrogens with zero attached hydrogens (tertiary/aromatic N) is 1. The Labute approximate surface area is 130 Å². The zero-order valence-corrected chi connectivity index (χ0v) is 13.1. The summed E-state index contributed by atoms with van der Waals surface area (Å²) in [5.41, 5.74) is 0.954. The molecule has 0 radical (unpaired) electrons. The monoisotopic (exact) mass is 318 g/mol. The zero-order valence-electron chi connectivity index (χ0n) is 12.3. The highest BCUT2D eigenvalue weighted by molar-refractivity contribution is 7.89. The Balaban J connectivity index is 1.86. The normalized spacial score (nSPS) is 16.2. The van der Waals surface area contributed by atoms with Crippen LogP contribution in [0.25, 0.3) is 0 Å². The molecule has 116 valence electrons. The number of sulfonamides is 1. The van der Waals surface area contributed by atoms with Crippen molar-refractivity contribution >= 4 is 10.0 Å². The van der Waals surface area contributed by atoms with Gasteiger partial charge >= 0.3 is 0 Å². The minimum Gasteiger partial charge on any atom is -0.497 e. The second kappa shape index (κ2) is 6.06. The lowest BCUT2D eigenvalue weighted by atomic mass is 10.0. The molecule has 1 aliphatic rings. The molecule has 1 N–H and O–H groups in total. The third-order valence-corrected chi connectivity index (χ3v) is 5.22. The molecule has 1 aromatic heterocycles. The lowest BCUT2D eigenvalue weighted by Crippen LogP contribution is -2.30. The maximum Gasteiger partial charge on any atom is 0.242 e. The van der Waals surface area contributed by atoms with Gasteiger partial charge < -0.3 is 4.74 Å². The average molecular weight is 318 g/mol. The summed E-state index contributed by atoms with van der Waals surface area (Å²) in [7, 11) is -1.96. The highest BCUT2D eigenvalue weighted by Gasteiger charge is 2.35. The Bertz CT molecular complexity index is 726. The molecule has 2 aromatic rings. The smallest absolute Gasteiger partial charge is 0.242 e. The van der Waals surface area contributed by atoms with Crippen molar-refractivity contribution in [1.29, 1.82) is 0 Å². The highest BCUT2D eigenvalue weighted by Crippen LogP contribution is 2.42. The van der Waals surface area contributed by atoms with Crippen LogP contribution in [0.2, 0.25) is 0 Å². The summed E-state index contributed by atoms with van der Waals surface area (Å²) in [5.74, 6) is 1.10. The van der Waals surface area contributed by atoms with Crippen LogP contribution in [0.3, 0.4) is 0 Å². The first kappa shape index (κ1) is 15.0. The molecule has 1 unspecified atom stereocenters. The Morgan fingerprint density at radius 2 is 1.95 bits per heavy atom. The van der Waals surface area contributed by atoms with Crippen LogP contribution in [0.1, 0.15) is 24.4 Å². The van der Waals surface area contributed by atoms with Gasteiger partial charge in [-0.1, -0.05) is 12.1 Å². The van der Waals surface area contributed by atoms with E-state index in [-0.39, 0.29) is 10.9 Å². The molecule has 22 heavy (non-hydrogen) atoms. The van der Waals surface area contributed by atoms with Gasteiger partial charge in [0.2, 0.25) is 10.0 Å². The fraction of sp³-hybridized carbons (Fsp3) is 0.312. The van der Waals surface area contributed by atoms with Crippen molar-refractivity contribution in [3.63, 3.8) is 0 Å². The summed E-state index contributed by atoms with van der Waals surface area (Å²) in [6, 6.07) is 10.5. The molecule has 3 rings (SSSR count). The minimum atomic E-state index is -3.57. The number of ether oxygens (including phenoxy) is 1. The van der Waals surface area contributed by atoms with Gasteiger partial charge in [-0.15, -0.1) is 0 Å². The van der Waals surface area contributed by atoms with Crippen LogP contribution in [-0.4, -0.2) is 20.5 Å². The molecule has 1 heterocycles. The molecule has 1 aliphatic carbocycles. The molecule has 0 amide bonds. The molecule has 0 saturated heterocycles. The van der Waals surface area contributed by atoms with E-state index in [2.05, 4.69) is 9.71 Å². The average Bonchev–Trinajstić information content (AvgIpc) is 3.38. The Morgan fingerprint density at radius 1 is 1.23 bits per heavy atom. The Kier molecular flexibility index (Phi) is 4.13. The van der Waals surface area contributed by atoms with E-state index in [0.29, 0.717) is 5.92 Å². The van der Waals surface area contributed by atoms with E-state index in [0.717, 1.165) is 24.2 Å². The topological polar surface area (TPSA) is 68.3 Å². The maximum absolute atomic E-state index is 12.5. The molecular weight excluding hydrogens is 300 g/mol. The molecule has 0 bridgehead atoms. The molecule has 1 aromatic carbocycles. The quantitative estimate of drug-likeness (QED) is 0.888. The van der Waals surface area contributed by atoms with Gasteiger partial charge in [0.15, 0.2) is 0 Å². The summed E-state index contributed by atoms with van der Waals surface area (Å²) < 4.78 is 33.0. The van der Waals surface area contributed by atoms with Crippen LogP contribution in [0.15, 0.2) is 53.7 Å². The highest BCUT2D eigenvalue weighted by atomic mass is 32.2. The molecule has 5 nitrogen and oxygen atoms in total. The Morgan fingerprint density at radius 3 is 2.50 bits per heavy atom. The second-order valence-corrected chi connectivity index (χ2v) is 7.11. The first-order valence-electron chi connectivity index (χ1n) is 7.16. The number of hydrogen-bond donors (Lipinski definition) is 1. The van der Waals surface area contributed by atoms with Crippen LogP contribution in [0.5, 0.6) is 5.75 Å². The van der Waals surface area contributed by atoms with E-state index in [9.17, 15) is 8.42 Å². The lowest BCUT2D eigenvalue weighted by molar-refractivity contribution is 0.414. The van der Waals surface area contributed by atoms with Gasteiger partial charge in [0.1, 0.15) is 10.6 Å². The van der Waals surface area contributed by atoms with Gasteiger partial charge in [-0.05, 0) is 48.6 Å². The zero-order chi connectivity index (χ0) is 15.6. The fourth-order valence-electron chi connectivity index (χ4n) is 2.42. The number of hydrogen-bond acceptors (Lipinski definition) is 4. The summed E-state index contributed by atoms with van der Waals surface area (Å²) in [5, 5.41) is 0. The molecular formula is C16H18N2O3S. The summed E-state index contributed by atoms with van der Waals surface area (Å²) in [6.45, 7) is 0. The molecule has 0 aliphatic heterocycles. The largest absolute Gasteiger partial charge is 0.497 e. The molecule has 1 fully saturated rings. The number of aromatic nitrogens is 1. The van der Waals surface area contributed by atoms with Crippen molar-refractivity contribution in [2.24, 2.45) is 5.92 Å². The van der Waals surface area contributed by atoms with Gasteiger partial charge in [0, 0.05) is 18.4 Å². The van der Waals surface area contributed by atoms with Crippen LogP contribution in [0, 0.1) is 5.92 Å². The molecule has 6 heteroatoms. The van der Waals surface area contributed by atoms with Crippen molar-refractivity contribution in [3.8, 4) is 5.75 Å². The van der Waals surface area contributed by atoms with Crippen LogP contribution >= 0.6 is 0 Å². The summed E-state index contributed by atoms with van der Waals surface area (Å²) in [6.07, 6.45) is 4.99. The van der Waals surface area contributed by atoms with Gasteiger partial charge in [-0.3, -0.25) is 4.98 Å². The standard InChI is InChI=1S/C16H18N2O3S/c1-21-14-8-6-13(7-9-14)16(12-4-5-12)18-22(19,20)15-3-2-10-17-11-15/h2-3,6-12,16,18H,4-5H2,1H3. The van der Waals surface area contributed by atoms with E-state index in [1.54, 1.807) is 25.4 Å². The SMILES string of the molecule is COc1ccc(C(NS(=O)(=O)c2cccnc2)C2CC2)cc1. The summed E-state index contributed by atoms with van der Waals surface area (Å²) in [4.78, 5) is 4.07. The van der Waals surface area contributed by atoms with Crippen molar-refractivity contribution in [2.75, 3.05) is 7.11 Å². The predicted molar refractivity (Wildman–Crippen MR) is 83.0 cm³/mol. The van der Waals surface area contributed by atoms with Crippen molar-refractivity contribution in [3.05, 3.63) is 54.4 Å². The van der Waals surface area contributed by atoms with Gasteiger partial charge in [0.25, 0.3) is 0 Å². The van der Waals surface area contributed by atoms with Gasteiger partial charge in [-0.25, -0.2) is 13.1 Å². The third kappa shape index (κ3) is 3.28. The van der Waals surface area contributed by atoms with Gasteiger partial charge in [-0.2, -0.15) is 0 Å². The van der Waals surface area contributed by atoms with Crippen molar-refractivity contribution < 1.29 is 13.2 Å². The number of rotatable bonds is 6. The molecule has 1 saturated carbocycles. The van der Waals surface area contributed by atoms with Crippen LogP contribution < -0.4 is 9.46 Å². The molecule has 0 spiro atoms. The van der Waals surface area contributed by atoms with E-state index < -0.39 is 10.0 Å². The second-order valence-electron chi connectivity index (χ2n) is 5.40. The first-order valence-corrected chi connectivity index (χ1v) is 8.65. The predicted octanol–water partition coefficient (Wildman–Crippen LogP) is 2.52. The van der Waals surface area contributed by atoms with Gasteiger partial charge in [0.05, 0.1) is 7.11 Å². The Hall–Kier alpha value is -1.92. The van der Waals surface area contributed by atoms with E-state index in [4.69, 9.17) is 4.74 Å². The number of methoxy groups -OCH3 is 1. The fourth-order valence-corrected chi connectivity index (χ4v) is 3.67.